The number of rotatable bonds is 6. The Morgan fingerprint density at radius 1 is 1.18 bits per heavy atom. The molecule has 172 valence electrons. The quantitative estimate of drug-likeness (QED) is 0.445. The third kappa shape index (κ3) is 4.20. The fourth-order valence-electron chi connectivity index (χ4n) is 4.15. The van der Waals surface area contributed by atoms with Crippen LogP contribution in [-0.2, 0) is 24.7 Å². The number of methoxy groups -OCH3 is 1. The number of aromatic nitrogens is 4. The predicted molar refractivity (Wildman–Crippen MR) is 132 cm³/mol. The van der Waals surface area contributed by atoms with Gasteiger partial charge in [-0.15, -0.1) is 0 Å². The summed E-state index contributed by atoms with van der Waals surface area (Å²) in [6, 6.07) is 15.1. The maximum atomic E-state index is 13.2. The predicted octanol–water partition coefficient (Wildman–Crippen LogP) is 4.41. The molecule has 4 aromatic rings. The maximum Gasteiger partial charge on any atom is 0.231 e. The summed E-state index contributed by atoms with van der Waals surface area (Å²) >= 11 is 6.27. The average Bonchev–Trinajstić information content (AvgIpc) is 3.46. The first-order valence-electron chi connectivity index (χ1n) is 10.9. The summed E-state index contributed by atoms with van der Waals surface area (Å²) in [5.41, 5.74) is 4.31. The Balaban J connectivity index is 1.43. The third-order valence-corrected chi connectivity index (χ3v) is 6.23. The van der Waals surface area contributed by atoms with E-state index in [1.807, 2.05) is 43.4 Å². The molecule has 2 aromatic heterocycles. The first-order valence-corrected chi connectivity index (χ1v) is 11.2. The Morgan fingerprint density at radius 2 is 2.03 bits per heavy atom. The van der Waals surface area contributed by atoms with Crippen LogP contribution in [0, 0.1) is 0 Å². The van der Waals surface area contributed by atoms with Crippen molar-refractivity contribution >= 4 is 35.0 Å². The van der Waals surface area contributed by atoms with Crippen LogP contribution in [0.25, 0.3) is 11.3 Å². The van der Waals surface area contributed by atoms with Crippen LogP contribution in [0.5, 0.6) is 5.75 Å². The number of fused-ring (bicyclic) bond motifs is 1. The van der Waals surface area contributed by atoms with Crippen molar-refractivity contribution in [1.29, 1.82) is 0 Å². The molecule has 3 heterocycles. The second-order valence-corrected chi connectivity index (χ2v) is 8.39. The molecule has 0 aliphatic carbocycles. The molecule has 0 saturated carbocycles. The summed E-state index contributed by atoms with van der Waals surface area (Å²) in [7, 11) is 3.46. The zero-order valence-electron chi connectivity index (χ0n) is 18.8. The van der Waals surface area contributed by atoms with Crippen LogP contribution in [0.1, 0.15) is 11.1 Å². The lowest BCUT2D eigenvalue weighted by Gasteiger charge is -2.21. The van der Waals surface area contributed by atoms with Gasteiger partial charge < -0.3 is 15.0 Å². The van der Waals surface area contributed by atoms with Crippen molar-refractivity contribution in [3.63, 3.8) is 0 Å². The molecule has 2 aromatic carbocycles. The van der Waals surface area contributed by atoms with Crippen molar-refractivity contribution in [2.24, 2.45) is 7.05 Å². The number of aryl methyl sites for hydroxylation is 1. The first-order chi connectivity index (χ1) is 16.5. The Bertz CT molecular complexity index is 1370. The number of carbonyl (C=O) groups is 1. The summed E-state index contributed by atoms with van der Waals surface area (Å²) in [4.78, 5) is 23.9. The van der Waals surface area contributed by atoms with Gasteiger partial charge in [0.05, 0.1) is 31.1 Å². The number of nitrogens with one attached hydrogen (secondary N) is 1. The zero-order valence-corrected chi connectivity index (χ0v) is 19.6. The second-order valence-electron chi connectivity index (χ2n) is 7.98. The fourth-order valence-corrected chi connectivity index (χ4v) is 4.35. The van der Waals surface area contributed by atoms with E-state index in [1.165, 1.54) is 0 Å². The minimum atomic E-state index is -0.0115. The maximum absolute atomic E-state index is 13.2. The molecule has 0 saturated heterocycles. The highest BCUT2D eigenvalue weighted by Gasteiger charge is 2.29. The summed E-state index contributed by atoms with van der Waals surface area (Å²) in [6.07, 6.45) is 4.38. The Labute approximate surface area is 202 Å². The van der Waals surface area contributed by atoms with Crippen molar-refractivity contribution in [3.05, 3.63) is 77.1 Å². The molecule has 1 N–H and O–H groups in total. The summed E-state index contributed by atoms with van der Waals surface area (Å²) < 4.78 is 7.43. The fraction of sp³-hybridized carbons (Fsp3) is 0.200. The zero-order chi connectivity index (χ0) is 23.7. The highest BCUT2D eigenvalue weighted by Crippen LogP contribution is 2.41. The van der Waals surface area contributed by atoms with Gasteiger partial charge in [0.2, 0.25) is 11.9 Å². The van der Waals surface area contributed by atoms with Gasteiger partial charge in [0.1, 0.15) is 11.6 Å². The molecule has 5 rings (SSSR count). The van der Waals surface area contributed by atoms with Crippen LogP contribution in [0.15, 0.2) is 60.9 Å². The molecular weight excluding hydrogens is 452 g/mol. The molecular formula is C25H23ClN6O2. The number of nitrogens with zero attached hydrogens (tertiary/aromatic N) is 5. The van der Waals surface area contributed by atoms with Gasteiger partial charge in [-0.3, -0.25) is 9.48 Å². The van der Waals surface area contributed by atoms with E-state index in [-0.39, 0.29) is 12.3 Å². The standard InChI is InChI=1S/C25H23ClN6O2/c1-31-22(8-11-28-31)30-25-27-10-7-20(29-25)18-13-17-9-12-32(24(17)21(14-18)34-2)23(33)15-16-5-3-4-6-19(16)26/h3-8,10-11,13-14H,9,12,15H2,1-2H3,(H,27,29,30). The van der Waals surface area contributed by atoms with E-state index >= 15 is 0 Å². The van der Waals surface area contributed by atoms with Gasteiger partial charge in [-0.2, -0.15) is 5.10 Å². The number of halogens is 1. The molecule has 1 aliphatic heterocycles. The average molecular weight is 475 g/mol. The lowest BCUT2D eigenvalue weighted by molar-refractivity contribution is -0.117. The van der Waals surface area contributed by atoms with Crippen LogP contribution < -0.4 is 15.0 Å². The molecule has 1 amide bonds. The second kappa shape index (κ2) is 9.15. The molecule has 0 atom stereocenters. The molecule has 9 heteroatoms. The van der Waals surface area contributed by atoms with Crippen molar-refractivity contribution in [1.82, 2.24) is 19.7 Å². The number of anilines is 3. The number of hydrogen-bond donors (Lipinski definition) is 1. The minimum absolute atomic E-state index is 0.0115. The first kappa shape index (κ1) is 21.9. The molecule has 0 bridgehead atoms. The van der Waals surface area contributed by atoms with E-state index in [9.17, 15) is 4.79 Å². The summed E-state index contributed by atoms with van der Waals surface area (Å²) in [6.45, 7) is 0.593. The minimum Gasteiger partial charge on any atom is -0.495 e. The van der Waals surface area contributed by atoms with Gasteiger partial charge in [0.15, 0.2) is 0 Å². The van der Waals surface area contributed by atoms with E-state index < -0.39 is 0 Å². The van der Waals surface area contributed by atoms with Gasteiger partial charge in [-0.1, -0.05) is 29.8 Å². The monoisotopic (exact) mass is 474 g/mol. The summed E-state index contributed by atoms with van der Waals surface area (Å²) in [5.74, 6) is 1.88. The summed E-state index contributed by atoms with van der Waals surface area (Å²) in [5, 5.41) is 7.92. The van der Waals surface area contributed by atoms with Crippen molar-refractivity contribution in [2.45, 2.75) is 12.8 Å². The molecule has 0 unspecified atom stereocenters. The van der Waals surface area contributed by atoms with Crippen LogP contribution in [0.3, 0.4) is 0 Å². The van der Waals surface area contributed by atoms with Crippen LogP contribution in [-0.4, -0.2) is 39.3 Å². The van der Waals surface area contributed by atoms with E-state index in [0.29, 0.717) is 23.3 Å². The number of amides is 1. The van der Waals surface area contributed by atoms with Crippen LogP contribution >= 0.6 is 11.6 Å². The normalized spacial score (nSPS) is 12.5. The third-order valence-electron chi connectivity index (χ3n) is 5.86. The van der Waals surface area contributed by atoms with Crippen molar-refractivity contribution in [3.8, 4) is 17.0 Å². The van der Waals surface area contributed by atoms with Gasteiger partial charge in [0, 0.05) is 36.4 Å². The lowest BCUT2D eigenvalue weighted by Crippen LogP contribution is -2.30. The Morgan fingerprint density at radius 3 is 2.79 bits per heavy atom. The van der Waals surface area contributed by atoms with Gasteiger partial charge in [0.25, 0.3) is 0 Å². The number of hydrogen-bond acceptors (Lipinski definition) is 6. The molecule has 1 aliphatic rings. The van der Waals surface area contributed by atoms with Gasteiger partial charge in [-0.25, -0.2) is 9.97 Å². The molecule has 8 nitrogen and oxygen atoms in total. The highest BCUT2D eigenvalue weighted by molar-refractivity contribution is 6.31. The topological polar surface area (TPSA) is 85.2 Å². The SMILES string of the molecule is COc1cc(-c2ccnc(Nc3ccnn3C)n2)cc2c1N(C(=O)Cc1ccccc1Cl)CC2. The smallest absolute Gasteiger partial charge is 0.231 e. The lowest BCUT2D eigenvalue weighted by atomic mass is 10.0. The van der Waals surface area contributed by atoms with Gasteiger partial charge in [-0.05, 0) is 41.8 Å². The van der Waals surface area contributed by atoms with E-state index in [1.54, 1.807) is 35.2 Å². The molecule has 34 heavy (non-hydrogen) atoms. The molecule has 0 fully saturated rings. The number of ether oxygens (including phenoxy) is 1. The van der Waals surface area contributed by atoms with Crippen LogP contribution in [0.2, 0.25) is 5.02 Å². The van der Waals surface area contributed by atoms with Crippen molar-refractivity contribution < 1.29 is 9.53 Å². The molecule has 0 radical (unpaired) electrons. The van der Waals surface area contributed by atoms with E-state index in [0.717, 1.165) is 40.3 Å². The number of benzene rings is 2. The number of carbonyl (C=O) groups excluding carboxylic acids is 1. The van der Waals surface area contributed by atoms with Crippen molar-refractivity contribution in [2.75, 3.05) is 23.9 Å². The van der Waals surface area contributed by atoms with Crippen LogP contribution in [0.4, 0.5) is 17.5 Å². The van der Waals surface area contributed by atoms with E-state index in [4.69, 9.17) is 16.3 Å². The van der Waals surface area contributed by atoms with E-state index in [2.05, 4.69) is 26.4 Å². The Hall–Kier alpha value is -3.91. The Kier molecular flexibility index (Phi) is 5.90. The van der Waals surface area contributed by atoms with Gasteiger partial charge >= 0.3 is 0 Å². The highest BCUT2D eigenvalue weighted by atomic mass is 35.5. The largest absolute Gasteiger partial charge is 0.495 e. The molecule has 0 spiro atoms.